The fourth-order valence-electron chi connectivity index (χ4n) is 8.34. The van der Waals surface area contributed by atoms with Gasteiger partial charge in [-0.05, 0) is 64.7 Å². The molecule has 2 heterocycles. The molecule has 0 saturated carbocycles. The third-order valence-corrected chi connectivity index (χ3v) is 16.3. The van der Waals surface area contributed by atoms with Crippen molar-refractivity contribution in [3.63, 3.8) is 0 Å². The molecule has 0 aliphatic carbocycles. The monoisotopic (exact) mass is 812 g/mol. The van der Waals surface area contributed by atoms with Crippen molar-refractivity contribution in [1.82, 2.24) is 20.9 Å². The normalized spacial score (nSPS) is 20.6. The van der Waals surface area contributed by atoms with Crippen LogP contribution in [0.5, 0.6) is 0 Å². The van der Waals surface area contributed by atoms with Crippen LogP contribution in [-0.2, 0) is 41.2 Å². The summed E-state index contributed by atoms with van der Waals surface area (Å²) < 4.78 is 6.79. The molecule has 2 aliphatic rings. The van der Waals surface area contributed by atoms with Crippen LogP contribution < -0.4 is 26.3 Å². The van der Waals surface area contributed by atoms with Crippen molar-refractivity contribution in [2.45, 2.75) is 94.9 Å². The van der Waals surface area contributed by atoms with Gasteiger partial charge in [-0.2, -0.15) is 0 Å². The van der Waals surface area contributed by atoms with Crippen molar-refractivity contribution in [2.75, 3.05) is 13.2 Å². The van der Waals surface area contributed by atoms with Crippen LogP contribution in [0.4, 0.5) is 0 Å². The Labute approximate surface area is 348 Å². The topological polar surface area (TPSA) is 134 Å². The third kappa shape index (κ3) is 10.7. The van der Waals surface area contributed by atoms with Gasteiger partial charge in [-0.25, -0.2) is 0 Å². The first-order valence-electron chi connectivity index (χ1n) is 20.7. The number of nitrogens with zero attached hydrogens (tertiary/aromatic N) is 1. The zero-order chi connectivity index (χ0) is 41.8. The van der Waals surface area contributed by atoms with E-state index in [1.54, 1.807) is 11.0 Å². The molecule has 4 amide bonds. The predicted molar refractivity (Wildman–Crippen MR) is 232 cm³/mol. The molecular formula is C48H56N4O6Si. The van der Waals surface area contributed by atoms with Crippen molar-refractivity contribution < 1.29 is 28.4 Å². The molecule has 0 aromatic heterocycles. The summed E-state index contributed by atoms with van der Waals surface area (Å²) in [6, 6.07) is 35.5. The molecule has 0 bridgehead atoms. The van der Waals surface area contributed by atoms with Crippen LogP contribution in [0.25, 0.3) is 0 Å². The van der Waals surface area contributed by atoms with E-state index in [1.807, 2.05) is 97.1 Å². The van der Waals surface area contributed by atoms with Gasteiger partial charge in [0.1, 0.15) is 24.2 Å². The number of nitrogens with one attached hydrogen (secondary N) is 3. The zero-order valence-corrected chi connectivity index (χ0v) is 35.3. The summed E-state index contributed by atoms with van der Waals surface area (Å²) in [6.07, 6.45) is 6.02. The average molecular weight is 813 g/mol. The number of unbranched alkanes of at least 4 members (excludes halogenated alkanes) is 1. The molecule has 10 nitrogen and oxygen atoms in total. The second-order valence-corrected chi connectivity index (χ2v) is 20.8. The van der Waals surface area contributed by atoms with Gasteiger partial charge in [-0.3, -0.25) is 24.0 Å². The Bertz CT molecular complexity index is 2030. The highest BCUT2D eigenvalue weighted by Gasteiger charge is 2.50. The number of rotatable bonds is 14. The fourth-order valence-corrected chi connectivity index (χ4v) is 12.9. The number of carbonyl (C=O) groups excluding carboxylic acids is 5. The van der Waals surface area contributed by atoms with Crippen LogP contribution in [0.15, 0.2) is 133 Å². The molecule has 0 unspecified atom stereocenters. The quantitative estimate of drug-likeness (QED) is 0.0953. The molecular weight excluding hydrogens is 757 g/mol. The Morgan fingerprint density at radius 2 is 1.19 bits per heavy atom. The number of hydrogen-bond donors (Lipinski definition) is 3. The molecule has 4 aromatic carbocycles. The number of hydrogen-bond acceptors (Lipinski definition) is 6. The third-order valence-electron chi connectivity index (χ3n) is 11.3. The summed E-state index contributed by atoms with van der Waals surface area (Å²) in [5.41, 5.74) is 1.70. The van der Waals surface area contributed by atoms with E-state index in [4.69, 9.17) is 4.43 Å². The number of amides is 4. The average Bonchev–Trinajstić information content (AvgIpc) is 3.74. The molecule has 4 atom stereocenters. The van der Waals surface area contributed by atoms with E-state index in [1.165, 1.54) is 6.08 Å². The van der Waals surface area contributed by atoms with Crippen molar-refractivity contribution in [2.24, 2.45) is 0 Å². The predicted octanol–water partition coefficient (Wildman–Crippen LogP) is 4.80. The minimum atomic E-state index is -2.89. The molecule has 0 spiro atoms. The Morgan fingerprint density at radius 1 is 0.695 bits per heavy atom. The van der Waals surface area contributed by atoms with Crippen LogP contribution in [-0.4, -0.2) is 79.9 Å². The first kappa shape index (κ1) is 42.9. The van der Waals surface area contributed by atoms with E-state index in [0.717, 1.165) is 21.5 Å². The number of benzene rings is 4. The summed E-state index contributed by atoms with van der Waals surface area (Å²) >= 11 is 0. The van der Waals surface area contributed by atoms with E-state index >= 15 is 0 Å². The van der Waals surface area contributed by atoms with Gasteiger partial charge in [-0.15, -0.1) is 0 Å². The van der Waals surface area contributed by atoms with Gasteiger partial charge in [0.2, 0.25) is 23.6 Å². The lowest BCUT2D eigenvalue weighted by molar-refractivity contribution is -0.143. The number of allylic oxidation sites excluding steroid dienone is 1. The van der Waals surface area contributed by atoms with Crippen LogP contribution in [0, 0.1) is 0 Å². The van der Waals surface area contributed by atoms with Gasteiger partial charge in [0.15, 0.2) is 5.78 Å². The van der Waals surface area contributed by atoms with Gasteiger partial charge < -0.3 is 25.3 Å². The SMILES string of the molecule is CC(C)(C)[Si](OCC(=O)/C=C/CCC[C@@H]1NC(=O)[C@H]2CCCN2C(=O)[C@H](Cc2ccccc2)NC(=O)[C@H](Cc2ccccc2)NC1=O)(c1ccccc1)c1ccccc1. The minimum Gasteiger partial charge on any atom is -0.400 e. The maximum absolute atomic E-state index is 14.1. The molecule has 0 radical (unpaired) electrons. The van der Waals surface area contributed by atoms with Crippen LogP contribution in [0.3, 0.4) is 0 Å². The fraction of sp³-hybridized carbons (Fsp3) is 0.354. The van der Waals surface area contributed by atoms with Gasteiger partial charge in [0.25, 0.3) is 8.32 Å². The van der Waals surface area contributed by atoms with Gasteiger partial charge in [-0.1, -0.05) is 148 Å². The zero-order valence-electron chi connectivity index (χ0n) is 34.3. The number of carbonyl (C=O) groups is 5. The minimum absolute atomic E-state index is 0.0848. The Balaban J connectivity index is 1.15. The molecule has 308 valence electrons. The van der Waals surface area contributed by atoms with Crippen LogP contribution in [0.2, 0.25) is 5.04 Å². The van der Waals surface area contributed by atoms with Gasteiger partial charge in [0.05, 0.1) is 6.61 Å². The van der Waals surface area contributed by atoms with Crippen molar-refractivity contribution in [3.05, 3.63) is 145 Å². The first-order valence-corrected chi connectivity index (χ1v) is 22.6. The lowest BCUT2D eigenvalue weighted by Gasteiger charge is -2.42. The second-order valence-electron chi connectivity index (χ2n) is 16.5. The summed E-state index contributed by atoms with van der Waals surface area (Å²) in [4.78, 5) is 71.0. The highest BCUT2D eigenvalue weighted by Crippen LogP contribution is 2.36. The lowest BCUT2D eigenvalue weighted by Crippen LogP contribution is -2.66. The maximum atomic E-state index is 14.1. The standard InChI is InChI=1S/C48H56N4O6Si/c1-48(2,3)59(38-25-14-7-15-26-38,39-27-16-8-17-28-39)58-34-37(53)24-13-6-18-29-40-44(54)50-41(32-35-20-9-4-10-21-35)45(55)51-42(33-36-22-11-5-12-23-36)47(57)52-31-19-30-43(52)46(56)49-40/h4-5,7-17,20-28,40-43H,6,18-19,29-34H2,1-3H3,(H,49,56)(H,50,54)(H,51,55)/b24-13+/t40-,41-,42-,43+/m0/s1. The van der Waals surface area contributed by atoms with E-state index in [2.05, 4.69) is 61.0 Å². The molecule has 2 saturated heterocycles. The molecule has 6 rings (SSSR count). The van der Waals surface area contributed by atoms with E-state index in [9.17, 15) is 24.0 Å². The molecule has 59 heavy (non-hydrogen) atoms. The largest absolute Gasteiger partial charge is 0.400 e. The second kappa shape index (κ2) is 19.9. The highest BCUT2D eigenvalue weighted by atomic mass is 28.4. The van der Waals surface area contributed by atoms with Crippen molar-refractivity contribution in [3.8, 4) is 0 Å². The Morgan fingerprint density at radius 3 is 1.75 bits per heavy atom. The Hall–Kier alpha value is -5.65. The number of ketones is 1. The first-order chi connectivity index (χ1) is 28.5. The van der Waals surface area contributed by atoms with Gasteiger partial charge in [0, 0.05) is 19.4 Å². The van der Waals surface area contributed by atoms with Crippen LogP contribution in [0.1, 0.15) is 64.0 Å². The van der Waals surface area contributed by atoms with E-state index in [0.29, 0.717) is 32.2 Å². The summed E-state index contributed by atoms with van der Waals surface area (Å²) in [5.74, 6) is -1.84. The van der Waals surface area contributed by atoms with Crippen LogP contribution >= 0.6 is 0 Å². The smallest absolute Gasteiger partial charge is 0.261 e. The molecule has 3 N–H and O–H groups in total. The molecule has 11 heteroatoms. The highest BCUT2D eigenvalue weighted by molar-refractivity contribution is 6.99. The molecule has 4 aromatic rings. The lowest BCUT2D eigenvalue weighted by atomic mass is 10.00. The maximum Gasteiger partial charge on any atom is 0.261 e. The number of fused-ring (bicyclic) bond motifs is 1. The van der Waals surface area contributed by atoms with Crippen molar-refractivity contribution in [1.29, 1.82) is 0 Å². The summed E-state index contributed by atoms with van der Waals surface area (Å²) in [7, 11) is -2.89. The van der Waals surface area contributed by atoms with E-state index in [-0.39, 0.29) is 42.6 Å². The van der Waals surface area contributed by atoms with Crippen molar-refractivity contribution >= 4 is 48.1 Å². The summed E-state index contributed by atoms with van der Waals surface area (Å²) in [5, 5.41) is 10.7. The van der Waals surface area contributed by atoms with E-state index < -0.39 is 50.2 Å². The molecule has 2 fully saturated rings. The Kier molecular flexibility index (Phi) is 14.5. The molecule has 2 aliphatic heterocycles. The summed E-state index contributed by atoms with van der Waals surface area (Å²) in [6.45, 7) is 6.79. The van der Waals surface area contributed by atoms with Gasteiger partial charge >= 0.3 is 0 Å².